The first-order valence-corrected chi connectivity index (χ1v) is 4.75. The standard InChI is InChI=1S/C9H6OS2/c10-9-5-7(11)6-3-1-2-4-8(6)12-9/h1-5,11H. The summed E-state index contributed by atoms with van der Waals surface area (Å²) in [7, 11) is 0. The summed E-state index contributed by atoms with van der Waals surface area (Å²) in [6.07, 6.45) is 0. The van der Waals surface area contributed by atoms with E-state index in [1.807, 2.05) is 24.3 Å². The number of hydrogen-bond acceptors (Lipinski definition) is 3. The van der Waals surface area contributed by atoms with Crippen molar-refractivity contribution >= 4 is 34.1 Å². The van der Waals surface area contributed by atoms with E-state index in [0.29, 0.717) is 0 Å². The Balaban J connectivity index is 2.99. The van der Waals surface area contributed by atoms with Gasteiger partial charge in [0.05, 0.1) is 0 Å². The first kappa shape index (κ1) is 7.83. The molecule has 3 heteroatoms. The molecule has 0 aliphatic rings. The minimum Gasteiger partial charge on any atom is -0.278 e. The lowest BCUT2D eigenvalue weighted by Gasteiger charge is -1.96. The van der Waals surface area contributed by atoms with Crippen molar-refractivity contribution in [3.8, 4) is 0 Å². The van der Waals surface area contributed by atoms with Gasteiger partial charge in [0.1, 0.15) is 0 Å². The molecule has 1 heterocycles. The molecule has 0 fully saturated rings. The molecule has 0 bridgehead atoms. The van der Waals surface area contributed by atoms with Crippen LogP contribution in [0.2, 0.25) is 0 Å². The Morgan fingerprint density at radius 1 is 1.25 bits per heavy atom. The van der Waals surface area contributed by atoms with E-state index in [0.717, 1.165) is 15.0 Å². The number of hydrogen-bond donors (Lipinski definition) is 1. The molecule has 12 heavy (non-hydrogen) atoms. The van der Waals surface area contributed by atoms with Crippen molar-refractivity contribution in [2.45, 2.75) is 4.90 Å². The van der Waals surface area contributed by atoms with E-state index in [1.54, 1.807) is 6.07 Å². The van der Waals surface area contributed by atoms with Crippen molar-refractivity contribution in [1.82, 2.24) is 0 Å². The van der Waals surface area contributed by atoms with E-state index in [4.69, 9.17) is 0 Å². The van der Waals surface area contributed by atoms with Gasteiger partial charge >= 0.3 is 0 Å². The van der Waals surface area contributed by atoms with Gasteiger partial charge in [-0.3, -0.25) is 4.79 Å². The molecule has 0 atom stereocenters. The van der Waals surface area contributed by atoms with Gasteiger partial charge in [0.2, 0.25) is 4.74 Å². The first-order valence-electron chi connectivity index (χ1n) is 3.49. The Hall–Kier alpha value is -0.800. The average molecular weight is 194 g/mol. The Labute approximate surface area is 79.1 Å². The predicted octanol–water partition coefficient (Wildman–Crippen LogP) is 2.55. The van der Waals surface area contributed by atoms with Crippen molar-refractivity contribution in [3.63, 3.8) is 0 Å². The molecule has 0 aliphatic carbocycles. The molecule has 0 saturated carbocycles. The molecule has 1 nitrogen and oxygen atoms in total. The summed E-state index contributed by atoms with van der Waals surface area (Å²) >= 11 is 5.48. The van der Waals surface area contributed by atoms with Crippen molar-refractivity contribution < 1.29 is 0 Å². The average Bonchev–Trinajstić information content (AvgIpc) is 2.04. The van der Waals surface area contributed by atoms with Crippen LogP contribution in [0.25, 0.3) is 10.1 Å². The molecular weight excluding hydrogens is 188 g/mol. The van der Waals surface area contributed by atoms with Crippen molar-refractivity contribution in [2.24, 2.45) is 0 Å². The largest absolute Gasteiger partial charge is 0.278 e. The Morgan fingerprint density at radius 3 is 2.83 bits per heavy atom. The summed E-state index contributed by atoms with van der Waals surface area (Å²) in [4.78, 5) is 11.8. The van der Waals surface area contributed by atoms with Crippen molar-refractivity contribution in [2.75, 3.05) is 0 Å². The molecule has 60 valence electrons. The quantitative estimate of drug-likeness (QED) is 0.638. The molecule has 0 aliphatic heterocycles. The van der Waals surface area contributed by atoms with Gasteiger partial charge in [0.15, 0.2) is 0 Å². The van der Waals surface area contributed by atoms with Crippen LogP contribution in [0.1, 0.15) is 0 Å². The number of benzene rings is 1. The number of rotatable bonds is 0. The van der Waals surface area contributed by atoms with Gasteiger partial charge in [-0.05, 0) is 6.07 Å². The molecular formula is C9H6OS2. The first-order chi connectivity index (χ1) is 5.77. The molecule has 0 saturated heterocycles. The Bertz CT molecular complexity index is 473. The van der Waals surface area contributed by atoms with Crippen molar-refractivity contribution in [1.29, 1.82) is 0 Å². The highest BCUT2D eigenvalue weighted by molar-refractivity contribution is 7.80. The van der Waals surface area contributed by atoms with E-state index in [2.05, 4.69) is 12.6 Å². The SMILES string of the molecule is O=c1cc(S)c2ccccc2s1. The highest BCUT2D eigenvalue weighted by Crippen LogP contribution is 2.21. The van der Waals surface area contributed by atoms with Gasteiger partial charge in [-0.2, -0.15) is 0 Å². The molecule has 0 radical (unpaired) electrons. The van der Waals surface area contributed by atoms with E-state index in [9.17, 15) is 4.79 Å². The third kappa shape index (κ3) is 1.26. The molecule has 1 aromatic heterocycles. The van der Waals surface area contributed by atoms with E-state index in [-0.39, 0.29) is 4.74 Å². The summed E-state index contributed by atoms with van der Waals surface area (Å²) < 4.78 is 1.05. The zero-order valence-electron chi connectivity index (χ0n) is 6.15. The lowest BCUT2D eigenvalue weighted by atomic mass is 10.2. The molecule has 2 rings (SSSR count). The van der Waals surface area contributed by atoms with Crippen LogP contribution in [0.5, 0.6) is 0 Å². The molecule has 0 unspecified atom stereocenters. The topological polar surface area (TPSA) is 17.1 Å². The Kier molecular flexibility index (Phi) is 1.90. The maximum atomic E-state index is 11.1. The Morgan fingerprint density at radius 2 is 2.00 bits per heavy atom. The van der Waals surface area contributed by atoms with Crippen LogP contribution < -0.4 is 4.74 Å². The minimum atomic E-state index is 0.0544. The predicted molar refractivity (Wildman–Crippen MR) is 55.3 cm³/mol. The zero-order chi connectivity index (χ0) is 8.55. The summed E-state index contributed by atoms with van der Waals surface area (Å²) in [6.45, 7) is 0. The highest BCUT2D eigenvalue weighted by Gasteiger charge is 1.98. The van der Waals surface area contributed by atoms with E-state index >= 15 is 0 Å². The molecule has 0 spiro atoms. The lowest BCUT2D eigenvalue weighted by Crippen LogP contribution is -1.90. The van der Waals surface area contributed by atoms with Crippen LogP contribution in [-0.2, 0) is 0 Å². The zero-order valence-corrected chi connectivity index (χ0v) is 7.86. The maximum Gasteiger partial charge on any atom is 0.234 e. The summed E-state index contributed by atoms with van der Waals surface area (Å²) in [5, 5.41) is 1.05. The van der Waals surface area contributed by atoms with Crippen LogP contribution in [-0.4, -0.2) is 0 Å². The molecule has 0 amide bonds. The molecule has 1 aromatic carbocycles. The summed E-state index contributed by atoms with van der Waals surface area (Å²) in [5.74, 6) is 0. The summed E-state index contributed by atoms with van der Waals surface area (Å²) in [6, 6.07) is 9.32. The maximum absolute atomic E-state index is 11.1. The second kappa shape index (κ2) is 2.92. The van der Waals surface area contributed by atoms with Gasteiger partial charge in [-0.15, -0.1) is 12.6 Å². The highest BCUT2D eigenvalue weighted by atomic mass is 32.1. The fourth-order valence-electron chi connectivity index (χ4n) is 1.09. The van der Waals surface area contributed by atoms with E-state index in [1.165, 1.54) is 11.3 Å². The second-order valence-corrected chi connectivity index (χ2v) is 3.97. The minimum absolute atomic E-state index is 0.0544. The van der Waals surface area contributed by atoms with Crippen molar-refractivity contribution in [3.05, 3.63) is 39.9 Å². The fourth-order valence-corrected chi connectivity index (χ4v) is 2.40. The normalized spacial score (nSPS) is 10.4. The van der Waals surface area contributed by atoms with Crippen LogP contribution in [0.4, 0.5) is 0 Å². The smallest absolute Gasteiger partial charge is 0.234 e. The summed E-state index contributed by atoms with van der Waals surface area (Å²) in [5.41, 5.74) is 0. The van der Waals surface area contributed by atoms with Gasteiger partial charge in [-0.1, -0.05) is 29.5 Å². The third-order valence-corrected chi connectivity index (χ3v) is 2.89. The van der Waals surface area contributed by atoms with Crippen LogP contribution in [0, 0.1) is 0 Å². The molecule has 0 N–H and O–H groups in total. The van der Waals surface area contributed by atoms with Gasteiger partial charge in [0.25, 0.3) is 0 Å². The molecule has 2 aromatic rings. The number of fused-ring (bicyclic) bond motifs is 1. The van der Waals surface area contributed by atoms with Gasteiger partial charge in [0, 0.05) is 21.0 Å². The van der Waals surface area contributed by atoms with Crippen LogP contribution >= 0.6 is 24.0 Å². The van der Waals surface area contributed by atoms with E-state index < -0.39 is 0 Å². The van der Waals surface area contributed by atoms with Crippen LogP contribution in [0.3, 0.4) is 0 Å². The van der Waals surface area contributed by atoms with Gasteiger partial charge in [-0.25, -0.2) is 0 Å². The van der Waals surface area contributed by atoms with Crippen LogP contribution in [0.15, 0.2) is 40.0 Å². The number of thiol groups is 1. The third-order valence-electron chi connectivity index (χ3n) is 1.63. The van der Waals surface area contributed by atoms with Gasteiger partial charge < -0.3 is 0 Å². The second-order valence-electron chi connectivity index (χ2n) is 2.45. The fraction of sp³-hybridized carbons (Fsp3) is 0. The monoisotopic (exact) mass is 194 g/mol. The lowest BCUT2D eigenvalue weighted by molar-refractivity contribution is 1.57.